The summed E-state index contributed by atoms with van der Waals surface area (Å²) >= 11 is 0. The molecular weight excluding hydrogens is 320 g/mol. The molecule has 0 unspecified atom stereocenters. The molecule has 2 bridgehead atoms. The SMILES string of the molecule is COC(OC)c1ccc2c(n1)NC1CC2(NC(=O)c2ccccn2)C1. The summed E-state index contributed by atoms with van der Waals surface area (Å²) in [6, 6.07) is 9.50. The van der Waals surface area contributed by atoms with Gasteiger partial charge in [0.1, 0.15) is 11.5 Å². The Morgan fingerprint density at radius 3 is 2.76 bits per heavy atom. The summed E-state index contributed by atoms with van der Waals surface area (Å²) in [6.07, 6.45) is 2.80. The van der Waals surface area contributed by atoms with E-state index in [-0.39, 0.29) is 11.4 Å². The summed E-state index contributed by atoms with van der Waals surface area (Å²) in [4.78, 5) is 21.3. The first kappa shape index (κ1) is 16.0. The molecule has 0 radical (unpaired) electrons. The molecule has 3 aliphatic rings. The van der Waals surface area contributed by atoms with E-state index in [0.717, 1.165) is 24.2 Å². The van der Waals surface area contributed by atoms with E-state index < -0.39 is 6.29 Å². The van der Waals surface area contributed by atoms with E-state index in [1.807, 2.05) is 18.2 Å². The Hall–Kier alpha value is -2.51. The maximum absolute atomic E-state index is 12.6. The number of hydrogen-bond donors (Lipinski definition) is 2. The molecule has 2 aromatic rings. The monoisotopic (exact) mass is 340 g/mol. The lowest BCUT2D eigenvalue weighted by molar-refractivity contribution is -0.108. The Balaban J connectivity index is 1.63. The van der Waals surface area contributed by atoms with Crippen LogP contribution in [0.3, 0.4) is 0 Å². The van der Waals surface area contributed by atoms with Crippen LogP contribution in [0.1, 0.15) is 40.9 Å². The molecule has 7 nitrogen and oxygen atoms in total. The van der Waals surface area contributed by atoms with Crippen LogP contribution in [0.4, 0.5) is 5.82 Å². The number of methoxy groups -OCH3 is 2. The van der Waals surface area contributed by atoms with E-state index in [4.69, 9.17) is 9.47 Å². The fourth-order valence-electron chi connectivity index (χ4n) is 3.68. The van der Waals surface area contributed by atoms with Gasteiger partial charge in [-0.1, -0.05) is 12.1 Å². The Labute approximate surface area is 145 Å². The number of ether oxygens (including phenoxy) is 2. The number of anilines is 1. The van der Waals surface area contributed by atoms with E-state index in [0.29, 0.717) is 17.4 Å². The third-order valence-electron chi connectivity index (χ3n) is 4.88. The van der Waals surface area contributed by atoms with Crippen molar-refractivity contribution >= 4 is 11.7 Å². The molecule has 2 N–H and O–H groups in total. The zero-order chi connectivity index (χ0) is 17.4. The van der Waals surface area contributed by atoms with Gasteiger partial charge >= 0.3 is 0 Å². The first-order chi connectivity index (χ1) is 12.1. The minimum atomic E-state index is -0.510. The average molecular weight is 340 g/mol. The lowest BCUT2D eigenvalue weighted by Gasteiger charge is -2.53. The predicted octanol–water partition coefficient (Wildman–Crippen LogP) is 1.98. The van der Waals surface area contributed by atoms with Gasteiger partial charge in [0, 0.05) is 32.0 Å². The van der Waals surface area contributed by atoms with Crippen LogP contribution in [0.15, 0.2) is 36.5 Å². The summed E-state index contributed by atoms with van der Waals surface area (Å²) < 4.78 is 10.5. The van der Waals surface area contributed by atoms with Crippen LogP contribution in [0.25, 0.3) is 0 Å². The van der Waals surface area contributed by atoms with Gasteiger partial charge in [0.25, 0.3) is 5.91 Å². The number of nitrogens with zero attached hydrogens (tertiary/aromatic N) is 2. The van der Waals surface area contributed by atoms with Crippen LogP contribution in [-0.2, 0) is 15.0 Å². The van der Waals surface area contributed by atoms with Gasteiger partial charge in [0.2, 0.25) is 6.29 Å². The van der Waals surface area contributed by atoms with Crippen LogP contribution >= 0.6 is 0 Å². The number of aromatic nitrogens is 2. The number of rotatable bonds is 5. The van der Waals surface area contributed by atoms with Crippen LogP contribution in [-0.4, -0.2) is 36.1 Å². The molecule has 7 heteroatoms. The minimum Gasteiger partial charge on any atom is -0.367 e. The number of pyridine rings is 2. The smallest absolute Gasteiger partial charge is 0.270 e. The van der Waals surface area contributed by atoms with Gasteiger partial charge in [-0.25, -0.2) is 4.98 Å². The van der Waals surface area contributed by atoms with Crippen molar-refractivity contribution < 1.29 is 14.3 Å². The standard InChI is InChI=1S/C18H20N4O3/c1-24-17(25-2)14-7-6-12-15(21-14)20-11-9-18(12,10-11)22-16(23)13-5-3-4-8-19-13/h3-8,11,17H,9-10H2,1-2H3,(H,20,21)(H,22,23). The number of hydrogen-bond acceptors (Lipinski definition) is 6. The highest BCUT2D eigenvalue weighted by Gasteiger charge is 2.52. The molecule has 1 amide bonds. The summed E-state index contributed by atoms with van der Waals surface area (Å²) in [5.74, 6) is 0.614. The fourth-order valence-corrected chi connectivity index (χ4v) is 3.68. The maximum Gasteiger partial charge on any atom is 0.270 e. The van der Waals surface area contributed by atoms with Crippen molar-refractivity contribution in [2.24, 2.45) is 0 Å². The van der Waals surface area contributed by atoms with Crippen molar-refractivity contribution in [2.45, 2.75) is 30.7 Å². The highest BCUT2D eigenvalue weighted by Crippen LogP contribution is 2.50. The molecule has 4 heterocycles. The Morgan fingerprint density at radius 1 is 1.28 bits per heavy atom. The van der Waals surface area contributed by atoms with Crippen molar-refractivity contribution in [3.63, 3.8) is 0 Å². The molecule has 5 rings (SSSR count). The van der Waals surface area contributed by atoms with Gasteiger partial charge in [-0.2, -0.15) is 0 Å². The first-order valence-corrected chi connectivity index (χ1v) is 8.22. The summed E-state index contributed by atoms with van der Waals surface area (Å²) in [5, 5.41) is 6.58. The highest BCUT2D eigenvalue weighted by atomic mass is 16.7. The Kier molecular flexibility index (Phi) is 3.89. The van der Waals surface area contributed by atoms with Gasteiger partial charge in [0.15, 0.2) is 0 Å². The summed E-state index contributed by atoms with van der Waals surface area (Å²) in [6.45, 7) is 0. The van der Waals surface area contributed by atoms with Gasteiger partial charge in [-0.3, -0.25) is 9.78 Å². The number of carbonyl (C=O) groups excluding carboxylic acids is 1. The Morgan fingerprint density at radius 2 is 2.08 bits per heavy atom. The third kappa shape index (κ3) is 2.65. The highest BCUT2D eigenvalue weighted by molar-refractivity contribution is 5.93. The van der Waals surface area contributed by atoms with Crippen molar-refractivity contribution in [2.75, 3.05) is 19.5 Å². The molecule has 25 heavy (non-hydrogen) atoms. The van der Waals surface area contributed by atoms with Gasteiger partial charge in [0.05, 0.1) is 11.2 Å². The third-order valence-corrected chi connectivity index (χ3v) is 4.88. The lowest BCUT2D eigenvalue weighted by Crippen LogP contribution is -2.62. The summed E-state index contributed by atoms with van der Waals surface area (Å²) in [5.41, 5.74) is 1.72. The first-order valence-electron chi connectivity index (χ1n) is 8.22. The fraction of sp³-hybridized carbons (Fsp3) is 0.389. The molecule has 2 aliphatic heterocycles. The molecule has 0 atom stereocenters. The second-order valence-electron chi connectivity index (χ2n) is 6.44. The van der Waals surface area contributed by atoms with Crippen molar-refractivity contribution in [1.29, 1.82) is 0 Å². The molecule has 2 aromatic heterocycles. The van der Waals surface area contributed by atoms with E-state index in [2.05, 4.69) is 20.6 Å². The van der Waals surface area contributed by atoms with Gasteiger partial charge in [-0.15, -0.1) is 0 Å². The van der Waals surface area contributed by atoms with Crippen molar-refractivity contribution in [3.8, 4) is 0 Å². The quantitative estimate of drug-likeness (QED) is 0.810. The number of nitrogens with one attached hydrogen (secondary N) is 2. The van der Waals surface area contributed by atoms with Gasteiger partial charge in [-0.05, 0) is 31.0 Å². The number of carbonyl (C=O) groups is 1. The van der Waals surface area contributed by atoms with Crippen LogP contribution in [0.2, 0.25) is 0 Å². The minimum absolute atomic E-state index is 0.164. The summed E-state index contributed by atoms with van der Waals surface area (Å²) in [7, 11) is 3.16. The molecule has 1 saturated carbocycles. The second-order valence-corrected chi connectivity index (χ2v) is 6.44. The molecular formula is C18H20N4O3. The topological polar surface area (TPSA) is 85.4 Å². The van der Waals surface area contributed by atoms with Crippen molar-refractivity contribution in [1.82, 2.24) is 15.3 Å². The maximum atomic E-state index is 12.6. The predicted molar refractivity (Wildman–Crippen MR) is 91.0 cm³/mol. The molecule has 1 aliphatic carbocycles. The zero-order valence-corrected chi connectivity index (χ0v) is 14.2. The average Bonchev–Trinajstić information content (AvgIpc) is 2.62. The van der Waals surface area contributed by atoms with E-state index in [1.165, 1.54) is 0 Å². The normalized spacial score (nSPS) is 23.4. The largest absolute Gasteiger partial charge is 0.367 e. The lowest BCUT2D eigenvalue weighted by atomic mass is 9.65. The molecule has 1 fully saturated rings. The van der Waals surface area contributed by atoms with Crippen LogP contribution in [0.5, 0.6) is 0 Å². The molecule has 130 valence electrons. The van der Waals surface area contributed by atoms with Crippen LogP contribution < -0.4 is 10.6 Å². The van der Waals surface area contributed by atoms with Crippen LogP contribution in [0, 0.1) is 0 Å². The molecule has 0 saturated heterocycles. The number of amides is 1. The zero-order valence-electron chi connectivity index (χ0n) is 14.2. The van der Waals surface area contributed by atoms with Gasteiger partial charge < -0.3 is 20.1 Å². The molecule has 0 aromatic carbocycles. The van der Waals surface area contributed by atoms with E-state index in [9.17, 15) is 4.79 Å². The van der Waals surface area contributed by atoms with Crippen molar-refractivity contribution in [3.05, 3.63) is 53.5 Å². The second kappa shape index (κ2) is 6.09. The van der Waals surface area contributed by atoms with E-state index in [1.54, 1.807) is 32.5 Å². The Bertz CT molecular complexity index is 786. The molecule has 0 spiro atoms. The van der Waals surface area contributed by atoms with E-state index >= 15 is 0 Å².